The Labute approximate surface area is 108 Å². The Morgan fingerprint density at radius 2 is 1.94 bits per heavy atom. The Kier molecular flexibility index (Phi) is 4.20. The van der Waals surface area contributed by atoms with Crippen molar-refractivity contribution in [1.82, 2.24) is 20.3 Å². The minimum absolute atomic E-state index is 0.464. The van der Waals surface area contributed by atoms with Crippen LogP contribution in [-0.4, -0.2) is 28.0 Å². The summed E-state index contributed by atoms with van der Waals surface area (Å²) in [7, 11) is 2.01. The maximum atomic E-state index is 4.56. The van der Waals surface area contributed by atoms with Gasteiger partial charge in [-0.2, -0.15) is 0 Å². The lowest BCUT2D eigenvalue weighted by atomic mass is 10.00. The van der Waals surface area contributed by atoms with Gasteiger partial charge in [0.25, 0.3) is 0 Å². The molecule has 0 fully saturated rings. The number of fused-ring (bicyclic) bond motifs is 1. The molecule has 0 aliphatic heterocycles. The molecule has 2 heterocycles. The molecule has 2 aromatic heterocycles. The number of rotatable bonds is 5. The molecule has 1 unspecified atom stereocenters. The van der Waals surface area contributed by atoms with E-state index in [4.69, 9.17) is 0 Å². The molecule has 1 atom stereocenters. The van der Waals surface area contributed by atoms with Gasteiger partial charge < -0.3 is 5.32 Å². The highest BCUT2D eigenvalue weighted by Gasteiger charge is 2.11. The van der Waals surface area contributed by atoms with Crippen LogP contribution in [-0.2, 0) is 6.42 Å². The summed E-state index contributed by atoms with van der Waals surface area (Å²) in [5.74, 6) is 0.683. The van der Waals surface area contributed by atoms with Gasteiger partial charge in [-0.05, 0) is 31.5 Å². The van der Waals surface area contributed by atoms with E-state index in [0.29, 0.717) is 12.0 Å². The van der Waals surface area contributed by atoms with Crippen LogP contribution in [0.25, 0.3) is 11.2 Å². The largest absolute Gasteiger partial charge is 0.317 e. The molecule has 0 saturated carbocycles. The number of aromatic nitrogens is 3. The molecule has 2 rings (SSSR count). The second-order valence-corrected chi connectivity index (χ2v) is 5.02. The highest BCUT2D eigenvalue weighted by molar-refractivity contribution is 5.68. The fourth-order valence-corrected chi connectivity index (χ4v) is 2.13. The van der Waals surface area contributed by atoms with Crippen molar-refractivity contribution in [2.75, 3.05) is 7.05 Å². The van der Waals surface area contributed by atoms with Gasteiger partial charge in [-0.1, -0.05) is 13.8 Å². The molecule has 0 amide bonds. The molecule has 0 aliphatic carbocycles. The summed E-state index contributed by atoms with van der Waals surface area (Å²) in [6.07, 6.45) is 5.46. The lowest BCUT2D eigenvalue weighted by Crippen LogP contribution is -2.29. The second kappa shape index (κ2) is 5.87. The van der Waals surface area contributed by atoms with Crippen LogP contribution in [0, 0.1) is 5.92 Å². The monoisotopic (exact) mass is 244 g/mol. The Morgan fingerprint density at radius 1 is 1.17 bits per heavy atom. The first kappa shape index (κ1) is 12.9. The summed E-state index contributed by atoms with van der Waals surface area (Å²) in [4.78, 5) is 13.0. The quantitative estimate of drug-likeness (QED) is 0.876. The molecule has 18 heavy (non-hydrogen) atoms. The van der Waals surface area contributed by atoms with Gasteiger partial charge >= 0.3 is 0 Å². The average molecular weight is 244 g/mol. The molecule has 2 aromatic rings. The van der Waals surface area contributed by atoms with E-state index in [9.17, 15) is 0 Å². The summed E-state index contributed by atoms with van der Waals surface area (Å²) < 4.78 is 0. The van der Waals surface area contributed by atoms with Crippen molar-refractivity contribution in [1.29, 1.82) is 0 Å². The minimum atomic E-state index is 0.464. The molecule has 96 valence electrons. The van der Waals surface area contributed by atoms with E-state index in [2.05, 4.69) is 34.1 Å². The van der Waals surface area contributed by atoms with Crippen molar-refractivity contribution in [3.8, 4) is 0 Å². The van der Waals surface area contributed by atoms with Gasteiger partial charge in [0.2, 0.25) is 0 Å². The third kappa shape index (κ3) is 3.23. The molecule has 4 nitrogen and oxygen atoms in total. The Bertz CT molecular complexity index is 510. The molecule has 0 radical (unpaired) electrons. The molecule has 1 N–H and O–H groups in total. The summed E-state index contributed by atoms with van der Waals surface area (Å²) >= 11 is 0. The van der Waals surface area contributed by atoms with Crippen molar-refractivity contribution >= 4 is 11.2 Å². The van der Waals surface area contributed by atoms with E-state index in [0.717, 1.165) is 29.7 Å². The highest BCUT2D eigenvalue weighted by atomic mass is 14.9. The zero-order valence-electron chi connectivity index (χ0n) is 11.2. The Morgan fingerprint density at radius 3 is 2.67 bits per heavy atom. The predicted octanol–water partition coefficient (Wildman–Crippen LogP) is 2.20. The van der Waals surface area contributed by atoms with Gasteiger partial charge in [0.1, 0.15) is 5.52 Å². The molecule has 0 aliphatic rings. The standard InChI is InChI=1S/C14H20N4/c1-10(2)8-12(15-3)9-11-4-5-13-14(18-11)17-7-6-16-13/h4-7,10,12,15H,8-9H2,1-3H3. The third-order valence-electron chi connectivity index (χ3n) is 3.01. The fraction of sp³-hybridized carbons (Fsp3) is 0.500. The summed E-state index contributed by atoms with van der Waals surface area (Å²) in [5.41, 5.74) is 2.66. The number of hydrogen-bond acceptors (Lipinski definition) is 4. The van der Waals surface area contributed by atoms with Crippen LogP contribution in [0.15, 0.2) is 24.5 Å². The highest BCUT2D eigenvalue weighted by Crippen LogP contribution is 2.12. The molecule has 0 spiro atoms. The van der Waals surface area contributed by atoms with Crippen LogP contribution < -0.4 is 5.32 Å². The smallest absolute Gasteiger partial charge is 0.178 e. The van der Waals surface area contributed by atoms with Crippen LogP contribution >= 0.6 is 0 Å². The maximum Gasteiger partial charge on any atom is 0.178 e. The van der Waals surface area contributed by atoms with Gasteiger partial charge in [-0.3, -0.25) is 4.98 Å². The van der Waals surface area contributed by atoms with E-state index < -0.39 is 0 Å². The van der Waals surface area contributed by atoms with Crippen molar-refractivity contribution in [3.05, 3.63) is 30.2 Å². The first-order chi connectivity index (χ1) is 8.69. The van der Waals surface area contributed by atoms with Crippen molar-refractivity contribution in [2.45, 2.75) is 32.7 Å². The zero-order valence-corrected chi connectivity index (χ0v) is 11.2. The van der Waals surface area contributed by atoms with Crippen molar-refractivity contribution in [3.63, 3.8) is 0 Å². The number of hydrogen-bond donors (Lipinski definition) is 1. The summed E-state index contributed by atoms with van der Waals surface area (Å²) in [5, 5.41) is 3.35. The Hall–Kier alpha value is -1.55. The van der Waals surface area contributed by atoms with Gasteiger partial charge in [0.05, 0.1) is 0 Å². The van der Waals surface area contributed by atoms with Crippen LogP contribution in [0.2, 0.25) is 0 Å². The maximum absolute atomic E-state index is 4.56. The van der Waals surface area contributed by atoms with Crippen LogP contribution in [0.4, 0.5) is 0 Å². The van der Waals surface area contributed by atoms with E-state index in [-0.39, 0.29) is 0 Å². The first-order valence-electron chi connectivity index (χ1n) is 6.43. The van der Waals surface area contributed by atoms with Crippen LogP contribution in [0.3, 0.4) is 0 Å². The molecule has 0 aromatic carbocycles. The SMILES string of the molecule is CNC(Cc1ccc2nccnc2n1)CC(C)C. The lowest BCUT2D eigenvalue weighted by molar-refractivity contribution is 0.438. The summed E-state index contributed by atoms with van der Waals surface area (Å²) in [6.45, 7) is 4.48. The van der Waals surface area contributed by atoms with E-state index in [1.165, 1.54) is 0 Å². The molecule has 4 heteroatoms. The molecule has 0 saturated heterocycles. The van der Waals surface area contributed by atoms with E-state index in [1.54, 1.807) is 12.4 Å². The lowest BCUT2D eigenvalue weighted by Gasteiger charge is -2.17. The number of nitrogens with one attached hydrogen (secondary N) is 1. The van der Waals surface area contributed by atoms with Gasteiger partial charge in [0, 0.05) is 30.6 Å². The van der Waals surface area contributed by atoms with Gasteiger partial charge in [-0.15, -0.1) is 0 Å². The molecular formula is C14H20N4. The van der Waals surface area contributed by atoms with Gasteiger partial charge in [-0.25, -0.2) is 9.97 Å². The zero-order chi connectivity index (χ0) is 13.0. The number of pyridine rings is 1. The van der Waals surface area contributed by atoms with E-state index in [1.807, 2.05) is 19.2 Å². The predicted molar refractivity (Wildman–Crippen MR) is 73.3 cm³/mol. The first-order valence-corrected chi connectivity index (χ1v) is 6.43. The number of nitrogens with zero attached hydrogens (tertiary/aromatic N) is 3. The Balaban J connectivity index is 2.15. The third-order valence-corrected chi connectivity index (χ3v) is 3.01. The van der Waals surface area contributed by atoms with Crippen LogP contribution in [0.1, 0.15) is 26.0 Å². The van der Waals surface area contributed by atoms with Gasteiger partial charge in [0.15, 0.2) is 5.65 Å². The van der Waals surface area contributed by atoms with Crippen molar-refractivity contribution in [2.24, 2.45) is 5.92 Å². The van der Waals surface area contributed by atoms with E-state index >= 15 is 0 Å². The second-order valence-electron chi connectivity index (χ2n) is 5.02. The average Bonchev–Trinajstić information content (AvgIpc) is 2.37. The minimum Gasteiger partial charge on any atom is -0.317 e. The number of likely N-dealkylation sites (N-methyl/N-ethyl adjacent to an activating group) is 1. The fourth-order valence-electron chi connectivity index (χ4n) is 2.13. The van der Waals surface area contributed by atoms with Crippen molar-refractivity contribution < 1.29 is 0 Å². The van der Waals surface area contributed by atoms with Crippen LogP contribution in [0.5, 0.6) is 0 Å². The molecular weight excluding hydrogens is 224 g/mol. The topological polar surface area (TPSA) is 50.7 Å². The normalized spacial score (nSPS) is 13.1. The summed E-state index contributed by atoms with van der Waals surface area (Å²) in [6, 6.07) is 4.50. The molecule has 0 bridgehead atoms.